The average molecular weight is 417 g/mol. The summed E-state index contributed by atoms with van der Waals surface area (Å²) in [6.07, 6.45) is 4.62. The van der Waals surface area contributed by atoms with E-state index in [4.69, 9.17) is 14.0 Å². The van der Waals surface area contributed by atoms with E-state index in [0.29, 0.717) is 18.1 Å². The number of ether oxygens (including phenoxy) is 2. The van der Waals surface area contributed by atoms with Crippen molar-refractivity contribution in [1.29, 1.82) is 0 Å². The summed E-state index contributed by atoms with van der Waals surface area (Å²) in [4.78, 5) is 18.6. The number of pyridine rings is 1. The first-order valence-corrected chi connectivity index (χ1v) is 9.62. The van der Waals surface area contributed by atoms with E-state index in [1.807, 2.05) is 24.3 Å². The van der Waals surface area contributed by atoms with E-state index in [1.165, 1.54) is 17.3 Å². The molecule has 1 aromatic carbocycles. The van der Waals surface area contributed by atoms with Crippen molar-refractivity contribution in [3.05, 3.63) is 60.7 Å². The molecule has 11 heteroatoms. The summed E-state index contributed by atoms with van der Waals surface area (Å²) in [5.41, 5.74) is 3.91. The Hall–Kier alpha value is -4.28. The van der Waals surface area contributed by atoms with E-state index in [0.717, 1.165) is 22.4 Å². The number of hydrogen-bond acceptors (Lipinski definition) is 9. The molecule has 0 saturated carbocycles. The van der Waals surface area contributed by atoms with Gasteiger partial charge in [-0.2, -0.15) is 4.68 Å². The molecule has 5 heterocycles. The van der Waals surface area contributed by atoms with E-state index < -0.39 is 6.10 Å². The van der Waals surface area contributed by atoms with Crippen molar-refractivity contribution in [2.45, 2.75) is 18.6 Å². The Bertz CT molecular complexity index is 1230. The highest BCUT2D eigenvalue weighted by Gasteiger charge is 2.47. The van der Waals surface area contributed by atoms with Crippen LogP contribution in [0.15, 0.2) is 59.7 Å². The van der Waals surface area contributed by atoms with Gasteiger partial charge in [-0.3, -0.25) is 4.90 Å². The molecule has 3 aromatic heterocycles. The van der Waals surface area contributed by atoms with E-state index in [9.17, 15) is 4.79 Å². The highest BCUT2D eigenvalue weighted by atomic mass is 16.6. The number of hydrogen-bond donors (Lipinski definition) is 0. The number of carbonyl (C=O) groups excluding carboxylic acids is 1. The summed E-state index contributed by atoms with van der Waals surface area (Å²) in [6, 6.07) is 11.3. The number of benzene rings is 1. The molecular formula is C20H15N7O4. The van der Waals surface area contributed by atoms with Gasteiger partial charge >= 0.3 is 6.09 Å². The van der Waals surface area contributed by atoms with Gasteiger partial charge in [0.15, 0.2) is 11.9 Å². The van der Waals surface area contributed by atoms with Crippen LogP contribution >= 0.6 is 0 Å². The minimum Gasteiger partial charge on any atom is -0.471 e. The maximum absolute atomic E-state index is 12.5. The Balaban J connectivity index is 1.23. The van der Waals surface area contributed by atoms with Crippen LogP contribution in [-0.4, -0.2) is 55.2 Å². The smallest absolute Gasteiger partial charge is 0.415 e. The number of anilines is 1. The Labute approximate surface area is 175 Å². The molecule has 0 aliphatic carbocycles. The van der Waals surface area contributed by atoms with Crippen LogP contribution in [0.2, 0.25) is 0 Å². The minimum atomic E-state index is -0.391. The summed E-state index contributed by atoms with van der Waals surface area (Å²) in [5, 5.41) is 14.8. The lowest BCUT2D eigenvalue weighted by molar-refractivity contribution is 0.0886. The van der Waals surface area contributed by atoms with Crippen LogP contribution in [0.25, 0.3) is 16.9 Å². The highest BCUT2D eigenvalue weighted by Crippen LogP contribution is 2.40. The third-order valence-electron chi connectivity index (χ3n) is 5.45. The van der Waals surface area contributed by atoms with Crippen LogP contribution in [0.5, 0.6) is 5.88 Å². The van der Waals surface area contributed by atoms with Crippen LogP contribution in [0.1, 0.15) is 5.56 Å². The maximum atomic E-state index is 12.5. The van der Waals surface area contributed by atoms with Crippen molar-refractivity contribution >= 4 is 11.8 Å². The predicted octanol–water partition coefficient (Wildman–Crippen LogP) is 2.04. The Morgan fingerprint density at radius 1 is 1.16 bits per heavy atom. The molecule has 31 heavy (non-hydrogen) atoms. The lowest BCUT2D eigenvalue weighted by Gasteiger charge is -2.16. The molecule has 0 radical (unpaired) electrons. The second kappa shape index (κ2) is 6.90. The molecular weight excluding hydrogens is 402 g/mol. The van der Waals surface area contributed by atoms with E-state index in [1.54, 1.807) is 17.2 Å². The number of rotatable bonds is 5. The molecule has 1 fully saturated rings. The van der Waals surface area contributed by atoms with Crippen LogP contribution in [0.4, 0.5) is 10.5 Å². The zero-order valence-corrected chi connectivity index (χ0v) is 16.0. The molecule has 4 aromatic rings. The van der Waals surface area contributed by atoms with Crippen LogP contribution in [0.3, 0.4) is 0 Å². The van der Waals surface area contributed by atoms with Gasteiger partial charge < -0.3 is 14.0 Å². The van der Waals surface area contributed by atoms with Crippen LogP contribution in [-0.2, 0) is 11.2 Å². The number of carbonyl (C=O) groups is 1. The summed E-state index contributed by atoms with van der Waals surface area (Å²) in [7, 11) is 0. The summed E-state index contributed by atoms with van der Waals surface area (Å²) < 4.78 is 17.4. The topological polar surface area (TPSA) is 121 Å². The van der Waals surface area contributed by atoms with Gasteiger partial charge in [0.05, 0.1) is 11.7 Å². The zero-order chi connectivity index (χ0) is 20.8. The molecule has 11 nitrogen and oxygen atoms in total. The number of nitrogens with zero attached hydrogens (tertiary/aromatic N) is 7. The minimum absolute atomic E-state index is 0.120. The van der Waals surface area contributed by atoms with Crippen molar-refractivity contribution in [2.75, 3.05) is 11.5 Å². The second-order valence-corrected chi connectivity index (χ2v) is 7.22. The fourth-order valence-corrected chi connectivity index (χ4v) is 4.00. The molecule has 0 N–H and O–H groups in total. The maximum Gasteiger partial charge on any atom is 0.415 e. The van der Waals surface area contributed by atoms with Gasteiger partial charge in [0, 0.05) is 17.8 Å². The van der Waals surface area contributed by atoms with Crippen LogP contribution in [0, 0.1) is 0 Å². The van der Waals surface area contributed by atoms with Crippen molar-refractivity contribution < 1.29 is 18.8 Å². The van der Waals surface area contributed by atoms with Gasteiger partial charge in [-0.05, 0) is 57.4 Å². The number of tetrazole rings is 1. The second-order valence-electron chi connectivity index (χ2n) is 7.22. The molecule has 2 aliphatic heterocycles. The van der Waals surface area contributed by atoms with Gasteiger partial charge in [-0.25, -0.2) is 9.78 Å². The summed E-state index contributed by atoms with van der Waals surface area (Å²) in [6.45, 7) is 0.211. The lowest BCUT2D eigenvalue weighted by atomic mass is 10.0. The van der Waals surface area contributed by atoms with Crippen molar-refractivity contribution in [1.82, 2.24) is 30.3 Å². The predicted molar refractivity (Wildman–Crippen MR) is 105 cm³/mol. The largest absolute Gasteiger partial charge is 0.471 e. The molecule has 0 spiro atoms. The molecule has 2 atom stereocenters. The molecule has 1 saturated heterocycles. The van der Waals surface area contributed by atoms with Gasteiger partial charge in [-0.15, -0.1) is 5.10 Å². The number of amides is 1. The molecule has 2 aliphatic rings. The first-order valence-electron chi connectivity index (χ1n) is 9.62. The number of cyclic esters (lactones) is 1. The lowest BCUT2D eigenvalue weighted by Crippen LogP contribution is -2.36. The van der Waals surface area contributed by atoms with Gasteiger partial charge in [-0.1, -0.05) is 6.07 Å². The van der Waals surface area contributed by atoms with Crippen molar-refractivity contribution in [2.24, 2.45) is 0 Å². The van der Waals surface area contributed by atoms with Gasteiger partial charge in [0.1, 0.15) is 19.2 Å². The average Bonchev–Trinajstić information content (AvgIpc) is 3.58. The van der Waals surface area contributed by atoms with Gasteiger partial charge in [0.25, 0.3) is 5.88 Å². The number of fused-ring (bicyclic) bond motifs is 3. The molecule has 154 valence electrons. The van der Waals surface area contributed by atoms with E-state index in [2.05, 4.69) is 31.7 Å². The Morgan fingerprint density at radius 3 is 2.87 bits per heavy atom. The fraction of sp³-hybridized carbons (Fsp3) is 0.200. The monoisotopic (exact) mass is 417 g/mol. The Kier molecular flexibility index (Phi) is 3.91. The van der Waals surface area contributed by atoms with E-state index in [-0.39, 0.29) is 18.7 Å². The first-order chi connectivity index (χ1) is 15.3. The SMILES string of the molecule is O=C1OC(COc2ccon2)[C@@H]2Cc3cc(-c4ccc(-n5cnnn5)nc4)ccc3N12. The fourth-order valence-electron chi connectivity index (χ4n) is 4.00. The Morgan fingerprint density at radius 2 is 2.10 bits per heavy atom. The van der Waals surface area contributed by atoms with Crippen molar-refractivity contribution in [3.8, 4) is 22.8 Å². The zero-order valence-electron chi connectivity index (χ0n) is 16.0. The number of aromatic nitrogens is 6. The van der Waals surface area contributed by atoms with Crippen LogP contribution < -0.4 is 9.64 Å². The van der Waals surface area contributed by atoms with E-state index >= 15 is 0 Å². The molecule has 0 bridgehead atoms. The summed E-state index contributed by atoms with van der Waals surface area (Å²) >= 11 is 0. The van der Waals surface area contributed by atoms with Crippen molar-refractivity contribution in [3.63, 3.8) is 0 Å². The first kappa shape index (κ1) is 17.6. The summed E-state index contributed by atoms with van der Waals surface area (Å²) in [5.74, 6) is 0.998. The third-order valence-corrected chi connectivity index (χ3v) is 5.45. The normalized spacial score (nSPS) is 19.2. The molecule has 1 unspecified atom stereocenters. The standard InChI is InChI=1S/C20H15N7O4/c28-20-27-15-3-1-12(13-2-4-18(21-9-13)26-11-22-24-25-26)7-14(15)8-16(27)17(31-20)10-29-19-5-6-30-23-19/h1-7,9,11,16-17H,8,10H2/t16-,17?/m0/s1. The molecule has 6 rings (SSSR count). The third kappa shape index (κ3) is 2.98. The quantitative estimate of drug-likeness (QED) is 0.480. The van der Waals surface area contributed by atoms with Gasteiger partial charge in [0.2, 0.25) is 0 Å². The highest BCUT2D eigenvalue weighted by molar-refractivity contribution is 5.94. The molecule has 1 amide bonds.